The molecule has 3 N–H and O–H groups in total. The summed E-state index contributed by atoms with van der Waals surface area (Å²) in [5.41, 5.74) is 2.06. The average Bonchev–Trinajstić information content (AvgIpc) is 2.40. The van der Waals surface area contributed by atoms with Crippen molar-refractivity contribution < 1.29 is 9.90 Å². The zero-order chi connectivity index (χ0) is 14.5. The molecule has 0 spiro atoms. The van der Waals surface area contributed by atoms with Gasteiger partial charge in [-0.05, 0) is 37.8 Å². The SMILES string of the molecule is CCC(O)(CC)CNC(=O)Nc1c(C)cccc1C. The van der Waals surface area contributed by atoms with Crippen LogP contribution in [-0.2, 0) is 0 Å². The molecule has 0 unspecified atom stereocenters. The Hall–Kier alpha value is -1.55. The number of aryl methyl sites for hydroxylation is 2. The van der Waals surface area contributed by atoms with Crippen LogP contribution in [-0.4, -0.2) is 23.3 Å². The molecule has 1 aromatic rings. The second-order valence-corrected chi connectivity index (χ2v) is 5.01. The number of carbonyl (C=O) groups excluding carboxylic acids is 1. The molecule has 0 saturated carbocycles. The van der Waals surface area contributed by atoms with E-state index >= 15 is 0 Å². The summed E-state index contributed by atoms with van der Waals surface area (Å²) in [5, 5.41) is 15.7. The molecule has 0 saturated heterocycles. The molecule has 0 heterocycles. The normalized spacial score (nSPS) is 11.2. The van der Waals surface area contributed by atoms with Gasteiger partial charge >= 0.3 is 6.03 Å². The van der Waals surface area contributed by atoms with E-state index in [2.05, 4.69) is 10.6 Å². The summed E-state index contributed by atoms with van der Waals surface area (Å²) in [4.78, 5) is 11.9. The lowest BCUT2D eigenvalue weighted by Gasteiger charge is -2.25. The van der Waals surface area contributed by atoms with Gasteiger partial charge in [0.1, 0.15) is 0 Å². The Bertz CT molecular complexity index is 420. The van der Waals surface area contributed by atoms with E-state index in [4.69, 9.17) is 0 Å². The van der Waals surface area contributed by atoms with Gasteiger partial charge in [0.25, 0.3) is 0 Å². The molecule has 2 amide bonds. The van der Waals surface area contributed by atoms with Crippen molar-refractivity contribution in [3.05, 3.63) is 29.3 Å². The van der Waals surface area contributed by atoms with Crippen molar-refractivity contribution >= 4 is 11.7 Å². The van der Waals surface area contributed by atoms with Crippen LogP contribution in [0.25, 0.3) is 0 Å². The Kier molecular flexibility index (Phi) is 5.36. The van der Waals surface area contributed by atoms with Gasteiger partial charge < -0.3 is 15.7 Å². The number of carbonyl (C=O) groups is 1. The molecular weight excluding hydrogens is 240 g/mol. The number of para-hydroxylation sites is 1. The third-order valence-electron chi connectivity index (χ3n) is 3.61. The molecule has 0 bridgehead atoms. The van der Waals surface area contributed by atoms with E-state index in [1.165, 1.54) is 0 Å². The minimum Gasteiger partial charge on any atom is -0.388 e. The van der Waals surface area contributed by atoms with Crippen LogP contribution in [0.5, 0.6) is 0 Å². The monoisotopic (exact) mass is 264 g/mol. The van der Waals surface area contributed by atoms with Crippen LogP contribution in [0.1, 0.15) is 37.8 Å². The summed E-state index contributed by atoms with van der Waals surface area (Å²) < 4.78 is 0. The van der Waals surface area contributed by atoms with Gasteiger partial charge in [-0.1, -0.05) is 32.0 Å². The molecule has 4 heteroatoms. The minimum atomic E-state index is -0.821. The fourth-order valence-corrected chi connectivity index (χ4v) is 1.91. The number of rotatable bonds is 5. The highest BCUT2D eigenvalue weighted by Gasteiger charge is 2.22. The maximum Gasteiger partial charge on any atom is 0.319 e. The predicted octanol–water partition coefficient (Wildman–Crippen LogP) is 2.98. The van der Waals surface area contributed by atoms with Crippen LogP contribution >= 0.6 is 0 Å². The summed E-state index contributed by atoms with van der Waals surface area (Å²) >= 11 is 0. The molecular formula is C15H24N2O2. The molecule has 4 nitrogen and oxygen atoms in total. The van der Waals surface area contributed by atoms with Crippen LogP contribution in [0.4, 0.5) is 10.5 Å². The largest absolute Gasteiger partial charge is 0.388 e. The van der Waals surface area contributed by atoms with Crippen LogP contribution in [0.15, 0.2) is 18.2 Å². The van der Waals surface area contributed by atoms with Gasteiger partial charge in [-0.15, -0.1) is 0 Å². The number of benzene rings is 1. The van der Waals surface area contributed by atoms with Crippen molar-refractivity contribution in [3.8, 4) is 0 Å². The van der Waals surface area contributed by atoms with E-state index in [0.717, 1.165) is 16.8 Å². The Morgan fingerprint density at radius 1 is 1.21 bits per heavy atom. The number of urea groups is 1. The summed E-state index contributed by atoms with van der Waals surface area (Å²) in [6.07, 6.45) is 1.24. The highest BCUT2D eigenvalue weighted by Crippen LogP contribution is 2.19. The summed E-state index contributed by atoms with van der Waals surface area (Å²) in [6.45, 7) is 7.99. The lowest BCUT2D eigenvalue weighted by molar-refractivity contribution is 0.0354. The molecule has 0 aliphatic carbocycles. The number of nitrogens with one attached hydrogen (secondary N) is 2. The van der Waals surface area contributed by atoms with Gasteiger partial charge in [-0.3, -0.25) is 0 Å². The Morgan fingerprint density at radius 3 is 2.21 bits per heavy atom. The van der Waals surface area contributed by atoms with Gasteiger partial charge in [-0.25, -0.2) is 4.79 Å². The summed E-state index contributed by atoms with van der Waals surface area (Å²) in [7, 11) is 0. The lowest BCUT2D eigenvalue weighted by atomic mass is 9.98. The highest BCUT2D eigenvalue weighted by atomic mass is 16.3. The highest BCUT2D eigenvalue weighted by molar-refractivity contribution is 5.91. The van der Waals surface area contributed by atoms with Crippen molar-refractivity contribution in [2.45, 2.75) is 46.1 Å². The first-order valence-electron chi connectivity index (χ1n) is 6.75. The van der Waals surface area contributed by atoms with E-state index in [0.29, 0.717) is 12.8 Å². The second-order valence-electron chi connectivity index (χ2n) is 5.01. The van der Waals surface area contributed by atoms with Crippen molar-refractivity contribution in [2.75, 3.05) is 11.9 Å². The average molecular weight is 264 g/mol. The standard InChI is InChI=1S/C15H24N2O2/c1-5-15(19,6-2)10-16-14(18)17-13-11(3)8-7-9-12(13)4/h7-9,19H,5-6,10H2,1-4H3,(H2,16,17,18). The first kappa shape index (κ1) is 15.5. The first-order chi connectivity index (χ1) is 8.91. The van der Waals surface area contributed by atoms with E-state index in [9.17, 15) is 9.90 Å². The maximum absolute atomic E-state index is 11.9. The minimum absolute atomic E-state index is 0.261. The smallest absolute Gasteiger partial charge is 0.319 e. The molecule has 0 fully saturated rings. The van der Waals surface area contributed by atoms with Crippen molar-refractivity contribution in [1.29, 1.82) is 0 Å². The zero-order valence-electron chi connectivity index (χ0n) is 12.2. The van der Waals surface area contributed by atoms with Crippen LogP contribution in [0, 0.1) is 13.8 Å². The second kappa shape index (κ2) is 6.57. The number of hydrogen-bond acceptors (Lipinski definition) is 2. The summed E-state index contributed by atoms with van der Waals surface area (Å²) in [6, 6.07) is 5.59. The van der Waals surface area contributed by atoms with E-state index in [1.807, 2.05) is 45.9 Å². The summed E-state index contributed by atoms with van der Waals surface area (Å²) in [5.74, 6) is 0. The van der Waals surface area contributed by atoms with Gasteiger partial charge in [-0.2, -0.15) is 0 Å². The van der Waals surface area contributed by atoms with Crippen LogP contribution in [0.3, 0.4) is 0 Å². The molecule has 106 valence electrons. The molecule has 0 aliphatic heterocycles. The molecule has 0 radical (unpaired) electrons. The van der Waals surface area contributed by atoms with Gasteiger partial charge in [0.05, 0.1) is 5.60 Å². The maximum atomic E-state index is 11.9. The topological polar surface area (TPSA) is 61.4 Å². The molecule has 1 aromatic carbocycles. The first-order valence-corrected chi connectivity index (χ1v) is 6.75. The third-order valence-corrected chi connectivity index (χ3v) is 3.61. The van der Waals surface area contributed by atoms with Crippen LogP contribution < -0.4 is 10.6 Å². The number of amides is 2. The van der Waals surface area contributed by atoms with E-state index < -0.39 is 5.60 Å². The molecule has 0 aromatic heterocycles. The van der Waals surface area contributed by atoms with Gasteiger partial charge in [0, 0.05) is 12.2 Å². The molecule has 0 atom stereocenters. The van der Waals surface area contributed by atoms with Gasteiger partial charge in [0.2, 0.25) is 0 Å². The van der Waals surface area contributed by atoms with Crippen molar-refractivity contribution in [3.63, 3.8) is 0 Å². The number of hydrogen-bond donors (Lipinski definition) is 3. The fraction of sp³-hybridized carbons (Fsp3) is 0.533. The predicted molar refractivity (Wildman–Crippen MR) is 78.5 cm³/mol. The fourth-order valence-electron chi connectivity index (χ4n) is 1.91. The molecule has 1 rings (SSSR count). The van der Waals surface area contributed by atoms with E-state index in [-0.39, 0.29) is 12.6 Å². The van der Waals surface area contributed by atoms with Gasteiger partial charge in [0.15, 0.2) is 0 Å². The Morgan fingerprint density at radius 2 is 1.74 bits per heavy atom. The Balaban J connectivity index is 2.61. The lowest BCUT2D eigenvalue weighted by Crippen LogP contribution is -2.43. The molecule has 19 heavy (non-hydrogen) atoms. The third kappa shape index (κ3) is 4.24. The zero-order valence-corrected chi connectivity index (χ0v) is 12.2. The Labute approximate surface area is 115 Å². The van der Waals surface area contributed by atoms with Crippen LogP contribution in [0.2, 0.25) is 0 Å². The van der Waals surface area contributed by atoms with Crippen molar-refractivity contribution in [1.82, 2.24) is 5.32 Å². The number of anilines is 1. The molecule has 0 aliphatic rings. The van der Waals surface area contributed by atoms with Crippen molar-refractivity contribution in [2.24, 2.45) is 0 Å². The quantitative estimate of drug-likeness (QED) is 0.765. The van der Waals surface area contributed by atoms with E-state index in [1.54, 1.807) is 0 Å². The number of aliphatic hydroxyl groups is 1.